The number of hydrogen-bond acceptors (Lipinski definition) is 3. The molecule has 0 unspecified atom stereocenters. The Kier molecular flexibility index (Phi) is 1.81. The fraction of sp³-hybridized carbons (Fsp3) is 0. The Morgan fingerprint density at radius 1 is 1.29 bits per heavy atom. The van der Waals surface area contributed by atoms with Gasteiger partial charge in [-0.1, -0.05) is 6.07 Å². The molecule has 70 valence electrons. The summed E-state index contributed by atoms with van der Waals surface area (Å²) in [4.78, 5) is 14.5. The van der Waals surface area contributed by atoms with Crippen molar-refractivity contribution in [3.8, 4) is 5.75 Å². The SMILES string of the molecule is O=C(O)c1ccc2ccncc2c1O. The van der Waals surface area contributed by atoms with Crippen molar-refractivity contribution in [1.82, 2.24) is 4.98 Å². The highest BCUT2D eigenvalue weighted by atomic mass is 16.4. The van der Waals surface area contributed by atoms with Crippen molar-refractivity contribution in [1.29, 1.82) is 0 Å². The first-order chi connectivity index (χ1) is 6.70. The van der Waals surface area contributed by atoms with Crippen molar-refractivity contribution in [2.75, 3.05) is 0 Å². The van der Waals surface area contributed by atoms with Crippen LogP contribution in [-0.2, 0) is 0 Å². The van der Waals surface area contributed by atoms with Crippen LogP contribution in [0.25, 0.3) is 10.8 Å². The average molecular weight is 189 g/mol. The normalized spacial score (nSPS) is 10.3. The molecule has 4 nitrogen and oxygen atoms in total. The van der Waals surface area contributed by atoms with Gasteiger partial charge in [0.1, 0.15) is 11.3 Å². The van der Waals surface area contributed by atoms with Gasteiger partial charge in [-0.2, -0.15) is 0 Å². The quantitative estimate of drug-likeness (QED) is 0.715. The maximum Gasteiger partial charge on any atom is 0.339 e. The highest BCUT2D eigenvalue weighted by molar-refractivity contribution is 5.99. The van der Waals surface area contributed by atoms with E-state index in [1.165, 1.54) is 12.3 Å². The second-order valence-electron chi connectivity index (χ2n) is 2.86. The van der Waals surface area contributed by atoms with Crippen LogP contribution in [0.2, 0.25) is 0 Å². The highest BCUT2D eigenvalue weighted by Crippen LogP contribution is 2.27. The summed E-state index contributed by atoms with van der Waals surface area (Å²) in [5.74, 6) is -1.38. The van der Waals surface area contributed by atoms with Gasteiger partial charge in [0.05, 0.1) is 0 Å². The standard InChI is InChI=1S/C10H7NO3/c12-9-7(10(13)14)2-1-6-3-4-11-5-8(6)9/h1-5,12H,(H,13,14). The van der Waals surface area contributed by atoms with E-state index in [0.29, 0.717) is 5.39 Å². The predicted molar refractivity (Wildman–Crippen MR) is 50.4 cm³/mol. The van der Waals surface area contributed by atoms with Gasteiger partial charge < -0.3 is 10.2 Å². The Bertz CT molecular complexity index is 508. The number of aromatic nitrogens is 1. The lowest BCUT2D eigenvalue weighted by Crippen LogP contribution is -1.96. The Labute approximate surface area is 79.4 Å². The van der Waals surface area contributed by atoms with Gasteiger partial charge in [0.2, 0.25) is 0 Å². The lowest BCUT2D eigenvalue weighted by Gasteiger charge is -2.02. The summed E-state index contributed by atoms with van der Waals surface area (Å²) in [7, 11) is 0. The molecule has 0 spiro atoms. The molecule has 4 heteroatoms. The van der Waals surface area contributed by atoms with Crippen LogP contribution >= 0.6 is 0 Å². The molecule has 2 N–H and O–H groups in total. The molecule has 0 aliphatic carbocycles. The minimum atomic E-state index is -1.15. The first-order valence-electron chi connectivity index (χ1n) is 3.99. The summed E-state index contributed by atoms with van der Waals surface area (Å²) in [6, 6.07) is 4.72. The molecule has 0 radical (unpaired) electrons. The molecule has 0 atom stereocenters. The summed E-state index contributed by atoms with van der Waals surface area (Å²) >= 11 is 0. The number of carbonyl (C=O) groups is 1. The maximum absolute atomic E-state index is 10.7. The molecule has 1 aromatic heterocycles. The number of nitrogens with zero attached hydrogens (tertiary/aromatic N) is 1. The number of hydrogen-bond donors (Lipinski definition) is 2. The Morgan fingerprint density at radius 2 is 2.07 bits per heavy atom. The number of benzene rings is 1. The van der Waals surface area contributed by atoms with E-state index in [2.05, 4.69) is 4.98 Å². The largest absolute Gasteiger partial charge is 0.506 e. The van der Waals surface area contributed by atoms with Gasteiger partial charge in [0.25, 0.3) is 0 Å². The van der Waals surface area contributed by atoms with Crippen LogP contribution in [0.15, 0.2) is 30.6 Å². The lowest BCUT2D eigenvalue weighted by atomic mass is 10.1. The van der Waals surface area contributed by atoms with E-state index in [1.54, 1.807) is 18.3 Å². The average Bonchev–Trinajstić information content (AvgIpc) is 2.18. The van der Waals surface area contributed by atoms with E-state index in [1.807, 2.05) is 0 Å². The van der Waals surface area contributed by atoms with Crippen LogP contribution in [0.4, 0.5) is 0 Å². The monoisotopic (exact) mass is 189 g/mol. The summed E-state index contributed by atoms with van der Waals surface area (Å²) in [5.41, 5.74) is -0.106. The third-order valence-electron chi connectivity index (χ3n) is 2.03. The van der Waals surface area contributed by atoms with E-state index in [4.69, 9.17) is 5.11 Å². The smallest absolute Gasteiger partial charge is 0.339 e. The van der Waals surface area contributed by atoms with Crippen LogP contribution in [0, 0.1) is 0 Å². The predicted octanol–water partition coefficient (Wildman–Crippen LogP) is 1.64. The van der Waals surface area contributed by atoms with E-state index < -0.39 is 5.97 Å². The van der Waals surface area contributed by atoms with Crippen LogP contribution in [0.1, 0.15) is 10.4 Å². The van der Waals surface area contributed by atoms with E-state index in [-0.39, 0.29) is 11.3 Å². The molecular weight excluding hydrogens is 182 g/mol. The zero-order chi connectivity index (χ0) is 10.1. The second kappa shape index (κ2) is 2.99. The van der Waals surface area contributed by atoms with Gasteiger partial charge >= 0.3 is 5.97 Å². The van der Waals surface area contributed by atoms with Crippen molar-refractivity contribution < 1.29 is 15.0 Å². The van der Waals surface area contributed by atoms with Gasteiger partial charge in [-0.05, 0) is 17.5 Å². The second-order valence-corrected chi connectivity index (χ2v) is 2.86. The Balaban J connectivity index is 2.81. The van der Waals surface area contributed by atoms with Gasteiger partial charge in [0.15, 0.2) is 0 Å². The first-order valence-corrected chi connectivity index (χ1v) is 3.99. The summed E-state index contributed by atoms with van der Waals surface area (Å²) in [5, 5.41) is 19.6. The Hall–Kier alpha value is -2.10. The van der Waals surface area contributed by atoms with Crippen LogP contribution < -0.4 is 0 Å². The molecule has 1 heterocycles. The molecule has 0 saturated heterocycles. The molecule has 0 aliphatic heterocycles. The van der Waals surface area contributed by atoms with Crippen LogP contribution in [0.5, 0.6) is 5.75 Å². The van der Waals surface area contributed by atoms with Gasteiger partial charge in [-0.3, -0.25) is 4.98 Å². The summed E-state index contributed by atoms with van der Waals surface area (Å²) < 4.78 is 0. The topological polar surface area (TPSA) is 70.4 Å². The van der Waals surface area contributed by atoms with Gasteiger partial charge in [0, 0.05) is 17.8 Å². The van der Waals surface area contributed by atoms with Crippen molar-refractivity contribution in [3.63, 3.8) is 0 Å². The van der Waals surface area contributed by atoms with Gasteiger partial charge in [-0.15, -0.1) is 0 Å². The number of rotatable bonds is 1. The molecule has 14 heavy (non-hydrogen) atoms. The van der Waals surface area contributed by atoms with Gasteiger partial charge in [-0.25, -0.2) is 4.79 Å². The van der Waals surface area contributed by atoms with Crippen molar-refractivity contribution in [3.05, 3.63) is 36.2 Å². The number of pyridine rings is 1. The first kappa shape index (κ1) is 8.50. The number of aromatic carboxylic acids is 1. The fourth-order valence-electron chi connectivity index (χ4n) is 1.32. The molecule has 0 aliphatic rings. The molecule has 2 aromatic rings. The van der Waals surface area contributed by atoms with E-state index >= 15 is 0 Å². The molecule has 0 fully saturated rings. The van der Waals surface area contributed by atoms with Crippen molar-refractivity contribution >= 4 is 16.7 Å². The summed E-state index contributed by atoms with van der Waals surface area (Å²) in [6.45, 7) is 0. The number of carboxylic acid groups (broad SMARTS) is 1. The van der Waals surface area contributed by atoms with Crippen LogP contribution in [0.3, 0.4) is 0 Å². The molecule has 0 bridgehead atoms. The maximum atomic E-state index is 10.7. The molecular formula is C10H7NO3. The number of fused-ring (bicyclic) bond motifs is 1. The lowest BCUT2D eigenvalue weighted by molar-refractivity contribution is 0.0694. The van der Waals surface area contributed by atoms with E-state index in [0.717, 1.165) is 5.39 Å². The molecule has 0 amide bonds. The fourth-order valence-corrected chi connectivity index (χ4v) is 1.32. The van der Waals surface area contributed by atoms with Crippen molar-refractivity contribution in [2.24, 2.45) is 0 Å². The zero-order valence-corrected chi connectivity index (χ0v) is 7.14. The highest BCUT2D eigenvalue weighted by Gasteiger charge is 2.11. The summed E-state index contributed by atoms with van der Waals surface area (Å²) in [6.07, 6.45) is 3.03. The number of phenols is 1. The minimum absolute atomic E-state index is 0.106. The minimum Gasteiger partial charge on any atom is -0.506 e. The third kappa shape index (κ3) is 1.17. The number of carboxylic acids is 1. The Morgan fingerprint density at radius 3 is 2.79 bits per heavy atom. The molecule has 1 aromatic carbocycles. The van der Waals surface area contributed by atoms with E-state index in [9.17, 15) is 9.90 Å². The van der Waals surface area contributed by atoms with Crippen LogP contribution in [-0.4, -0.2) is 21.2 Å². The zero-order valence-electron chi connectivity index (χ0n) is 7.14. The number of aromatic hydroxyl groups is 1. The molecule has 2 rings (SSSR count). The van der Waals surface area contributed by atoms with Crippen molar-refractivity contribution in [2.45, 2.75) is 0 Å². The molecule has 0 saturated carbocycles. The third-order valence-corrected chi connectivity index (χ3v) is 2.03.